The Hall–Kier alpha value is -1.89. The predicted octanol–water partition coefficient (Wildman–Crippen LogP) is 2.15. The third-order valence-electron chi connectivity index (χ3n) is 3.19. The Morgan fingerprint density at radius 2 is 2.16 bits per heavy atom. The van der Waals surface area contributed by atoms with E-state index in [-0.39, 0.29) is 12.1 Å². The number of hydrogen-bond acceptors (Lipinski definition) is 3. The zero-order chi connectivity index (χ0) is 13.8. The smallest absolute Gasteiger partial charge is 0.0705 e. The SMILES string of the molecule is C#CC(C)NC(CN)c1ccc2nc(C)ccc2c1. The maximum absolute atomic E-state index is 5.83. The van der Waals surface area contributed by atoms with E-state index >= 15 is 0 Å². The first-order valence-electron chi connectivity index (χ1n) is 6.43. The van der Waals surface area contributed by atoms with Crippen molar-refractivity contribution in [2.45, 2.75) is 25.9 Å². The zero-order valence-corrected chi connectivity index (χ0v) is 11.4. The van der Waals surface area contributed by atoms with Gasteiger partial charge in [0, 0.05) is 23.7 Å². The molecular weight excluding hydrogens is 234 g/mol. The second-order valence-electron chi connectivity index (χ2n) is 4.75. The molecule has 1 aromatic carbocycles. The van der Waals surface area contributed by atoms with E-state index in [0.717, 1.165) is 22.2 Å². The van der Waals surface area contributed by atoms with E-state index in [1.807, 2.05) is 26.0 Å². The number of terminal acetylenes is 1. The summed E-state index contributed by atoms with van der Waals surface area (Å²) in [6, 6.07) is 10.4. The van der Waals surface area contributed by atoms with E-state index in [4.69, 9.17) is 12.2 Å². The van der Waals surface area contributed by atoms with Crippen LogP contribution in [0.4, 0.5) is 0 Å². The molecule has 0 radical (unpaired) electrons. The second kappa shape index (κ2) is 5.83. The van der Waals surface area contributed by atoms with Crippen LogP contribution in [0.1, 0.15) is 24.2 Å². The summed E-state index contributed by atoms with van der Waals surface area (Å²) in [7, 11) is 0. The van der Waals surface area contributed by atoms with Crippen LogP contribution in [0, 0.1) is 19.3 Å². The van der Waals surface area contributed by atoms with E-state index in [1.54, 1.807) is 0 Å². The number of aromatic nitrogens is 1. The largest absolute Gasteiger partial charge is 0.329 e. The van der Waals surface area contributed by atoms with Crippen LogP contribution >= 0.6 is 0 Å². The molecule has 3 heteroatoms. The van der Waals surface area contributed by atoms with Gasteiger partial charge < -0.3 is 5.73 Å². The Bertz CT molecular complexity index is 613. The first-order chi connectivity index (χ1) is 9.13. The van der Waals surface area contributed by atoms with Crippen molar-refractivity contribution < 1.29 is 0 Å². The first-order valence-corrected chi connectivity index (χ1v) is 6.43. The van der Waals surface area contributed by atoms with Gasteiger partial charge >= 0.3 is 0 Å². The molecule has 1 aromatic heterocycles. The van der Waals surface area contributed by atoms with Gasteiger partial charge in [-0.25, -0.2) is 0 Å². The summed E-state index contributed by atoms with van der Waals surface area (Å²) in [5.41, 5.74) is 9.00. The fourth-order valence-corrected chi connectivity index (χ4v) is 2.11. The summed E-state index contributed by atoms with van der Waals surface area (Å²) >= 11 is 0. The van der Waals surface area contributed by atoms with Gasteiger partial charge in [-0.3, -0.25) is 10.3 Å². The molecule has 0 spiro atoms. The number of pyridine rings is 1. The van der Waals surface area contributed by atoms with E-state index in [1.165, 1.54) is 0 Å². The molecule has 2 atom stereocenters. The highest BCUT2D eigenvalue weighted by Crippen LogP contribution is 2.19. The number of nitrogens with two attached hydrogens (primary N) is 1. The number of rotatable bonds is 4. The van der Waals surface area contributed by atoms with Crippen molar-refractivity contribution in [2.75, 3.05) is 6.54 Å². The molecule has 0 bridgehead atoms. The third kappa shape index (κ3) is 3.11. The Morgan fingerprint density at radius 1 is 1.37 bits per heavy atom. The van der Waals surface area contributed by atoms with E-state index in [9.17, 15) is 0 Å². The summed E-state index contributed by atoms with van der Waals surface area (Å²) in [5.74, 6) is 2.67. The fraction of sp³-hybridized carbons (Fsp3) is 0.312. The number of nitrogens with zero attached hydrogens (tertiary/aromatic N) is 1. The van der Waals surface area contributed by atoms with Gasteiger partial charge in [0.05, 0.1) is 11.6 Å². The second-order valence-corrected chi connectivity index (χ2v) is 4.75. The van der Waals surface area contributed by atoms with Crippen molar-refractivity contribution >= 4 is 10.9 Å². The van der Waals surface area contributed by atoms with Gasteiger partial charge in [-0.05, 0) is 37.6 Å². The third-order valence-corrected chi connectivity index (χ3v) is 3.19. The van der Waals surface area contributed by atoms with Gasteiger partial charge in [0.2, 0.25) is 0 Å². The van der Waals surface area contributed by atoms with Gasteiger partial charge in [-0.15, -0.1) is 6.42 Å². The molecule has 0 aliphatic carbocycles. The Labute approximate surface area is 114 Å². The molecule has 0 fully saturated rings. The molecule has 0 aliphatic rings. The van der Waals surface area contributed by atoms with Gasteiger partial charge in [-0.2, -0.15) is 0 Å². The zero-order valence-electron chi connectivity index (χ0n) is 11.4. The topological polar surface area (TPSA) is 50.9 Å². The molecule has 2 aromatic rings. The highest BCUT2D eigenvalue weighted by molar-refractivity contribution is 5.79. The summed E-state index contributed by atoms with van der Waals surface area (Å²) < 4.78 is 0. The summed E-state index contributed by atoms with van der Waals surface area (Å²) in [6.45, 7) is 4.46. The Kier molecular flexibility index (Phi) is 4.16. The van der Waals surface area contributed by atoms with Crippen LogP contribution in [0.3, 0.4) is 0 Å². The summed E-state index contributed by atoms with van der Waals surface area (Å²) in [5, 5.41) is 4.45. The molecule has 0 saturated heterocycles. The van der Waals surface area contributed by atoms with Crippen molar-refractivity contribution in [1.82, 2.24) is 10.3 Å². The number of fused-ring (bicyclic) bond motifs is 1. The minimum atomic E-state index is 0.000361. The molecule has 3 nitrogen and oxygen atoms in total. The van der Waals surface area contributed by atoms with Crippen molar-refractivity contribution in [2.24, 2.45) is 5.73 Å². The predicted molar refractivity (Wildman–Crippen MR) is 79.7 cm³/mol. The normalized spacial score (nSPS) is 14.0. The quantitative estimate of drug-likeness (QED) is 0.821. The van der Waals surface area contributed by atoms with E-state index in [2.05, 4.69) is 34.4 Å². The van der Waals surface area contributed by atoms with Crippen molar-refractivity contribution in [1.29, 1.82) is 0 Å². The number of benzene rings is 1. The molecule has 0 amide bonds. The lowest BCUT2D eigenvalue weighted by Gasteiger charge is -2.20. The van der Waals surface area contributed by atoms with Crippen LogP contribution in [0.5, 0.6) is 0 Å². The standard InChI is InChI=1S/C16H19N3/c1-4-11(2)18-16(10-17)14-7-8-15-13(9-14)6-5-12(3)19-15/h1,5-9,11,16,18H,10,17H2,2-3H3. The molecule has 0 saturated carbocycles. The molecular formula is C16H19N3. The maximum Gasteiger partial charge on any atom is 0.0705 e. The summed E-state index contributed by atoms with van der Waals surface area (Å²) in [4.78, 5) is 4.50. The van der Waals surface area contributed by atoms with Crippen molar-refractivity contribution in [3.05, 3.63) is 41.6 Å². The van der Waals surface area contributed by atoms with Crippen LogP contribution in [-0.2, 0) is 0 Å². The van der Waals surface area contributed by atoms with Gasteiger partial charge in [0.1, 0.15) is 0 Å². The van der Waals surface area contributed by atoms with Crippen LogP contribution < -0.4 is 11.1 Å². The molecule has 2 unspecified atom stereocenters. The molecule has 0 aliphatic heterocycles. The molecule has 1 heterocycles. The van der Waals surface area contributed by atoms with Gasteiger partial charge in [0.15, 0.2) is 0 Å². The minimum Gasteiger partial charge on any atom is -0.329 e. The number of nitrogens with one attached hydrogen (secondary N) is 1. The first kappa shape index (κ1) is 13.5. The molecule has 19 heavy (non-hydrogen) atoms. The van der Waals surface area contributed by atoms with Crippen LogP contribution in [0.2, 0.25) is 0 Å². The Balaban J connectivity index is 2.33. The fourth-order valence-electron chi connectivity index (χ4n) is 2.11. The summed E-state index contributed by atoms with van der Waals surface area (Å²) in [6.07, 6.45) is 5.40. The minimum absolute atomic E-state index is 0.000361. The van der Waals surface area contributed by atoms with Gasteiger partial charge in [-0.1, -0.05) is 18.1 Å². The number of hydrogen-bond donors (Lipinski definition) is 2. The highest BCUT2D eigenvalue weighted by Gasteiger charge is 2.12. The van der Waals surface area contributed by atoms with Gasteiger partial charge in [0.25, 0.3) is 0 Å². The van der Waals surface area contributed by atoms with E-state index < -0.39 is 0 Å². The lowest BCUT2D eigenvalue weighted by atomic mass is 10.0. The van der Waals surface area contributed by atoms with Crippen LogP contribution in [0.15, 0.2) is 30.3 Å². The average Bonchev–Trinajstić information content (AvgIpc) is 2.43. The van der Waals surface area contributed by atoms with E-state index in [0.29, 0.717) is 6.54 Å². The molecule has 2 rings (SSSR count). The number of aryl methyl sites for hydroxylation is 1. The lowest BCUT2D eigenvalue weighted by Crippen LogP contribution is -2.34. The molecule has 3 N–H and O–H groups in total. The van der Waals surface area contributed by atoms with Crippen molar-refractivity contribution in [3.8, 4) is 12.3 Å². The monoisotopic (exact) mass is 253 g/mol. The van der Waals surface area contributed by atoms with Crippen LogP contribution in [0.25, 0.3) is 10.9 Å². The van der Waals surface area contributed by atoms with Crippen LogP contribution in [-0.4, -0.2) is 17.6 Å². The highest BCUT2D eigenvalue weighted by atomic mass is 15.0. The molecule has 98 valence electrons. The lowest BCUT2D eigenvalue weighted by molar-refractivity contribution is 0.518. The maximum atomic E-state index is 5.83. The van der Waals surface area contributed by atoms with Crippen molar-refractivity contribution in [3.63, 3.8) is 0 Å². The Morgan fingerprint density at radius 3 is 2.84 bits per heavy atom. The average molecular weight is 253 g/mol.